The molecule has 1 atom stereocenters. The van der Waals surface area contributed by atoms with Crippen LogP contribution in [0.1, 0.15) is 58.2 Å². The minimum absolute atomic E-state index is 0.0185. The van der Waals surface area contributed by atoms with Crippen molar-refractivity contribution in [2.24, 2.45) is 0 Å². The highest BCUT2D eigenvalue weighted by Gasteiger charge is 2.21. The zero-order valence-electron chi connectivity index (χ0n) is 20.8. The molecule has 0 amide bonds. The standard InChI is InChI=1S/C25H28N4O.C4H6O/c1-3-5-9-18(4-2)25-28-22(23-24(26)27-16-17-29(23)25)19-12-14-21(15-13-19)30-20-10-7-6-8-11-20;1-3-4(2)5/h6-8,10-18H,3-5,9H2,1-2H3,(H2,26,27);3H,1H2,2H3. The number of allylic oxidation sites excluding steroid dienone is 1. The van der Waals surface area contributed by atoms with E-state index in [-0.39, 0.29) is 5.78 Å². The molecule has 6 nitrogen and oxygen atoms in total. The molecule has 4 rings (SSSR count). The van der Waals surface area contributed by atoms with Gasteiger partial charge in [-0.05, 0) is 62.2 Å². The normalized spacial score (nSPS) is 11.4. The Labute approximate surface area is 207 Å². The molecule has 2 aromatic carbocycles. The Kier molecular flexibility index (Phi) is 9.18. The van der Waals surface area contributed by atoms with Crippen molar-refractivity contribution in [3.8, 4) is 22.8 Å². The van der Waals surface area contributed by atoms with Gasteiger partial charge in [0.25, 0.3) is 0 Å². The average molecular weight is 471 g/mol. The summed E-state index contributed by atoms with van der Waals surface area (Å²) in [5.41, 5.74) is 9.04. The molecule has 0 aliphatic heterocycles. The number of hydrogen-bond donors (Lipinski definition) is 1. The predicted molar refractivity (Wildman–Crippen MR) is 143 cm³/mol. The van der Waals surface area contributed by atoms with Crippen LogP contribution >= 0.6 is 0 Å². The van der Waals surface area contributed by atoms with E-state index in [4.69, 9.17) is 15.5 Å². The number of aromatic nitrogens is 3. The van der Waals surface area contributed by atoms with E-state index in [0.717, 1.165) is 46.9 Å². The first-order valence-electron chi connectivity index (χ1n) is 12.1. The topological polar surface area (TPSA) is 82.5 Å². The van der Waals surface area contributed by atoms with Crippen molar-refractivity contribution in [2.45, 2.75) is 52.4 Å². The van der Waals surface area contributed by atoms with Crippen molar-refractivity contribution in [2.75, 3.05) is 5.73 Å². The second-order valence-electron chi connectivity index (χ2n) is 8.35. The lowest BCUT2D eigenvalue weighted by molar-refractivity contribution is -0.112. The van der Waals surface area contributed by atoms with Crippen LogP contribution in [0, 0.1) is 0 Å². The number of imidazole rings is 1. The molecule has 2 heterocycles. The highest BCUT2D eigenvalue weighted by molar-refractivity contribution is 5.86. The SMILES string of the molecule is C=CC(C)=O.CCCCC(CC)c1nc(-c2ccc(Oc3ccccc3)cc2)c2c(N)nccn12. The fourth-order valence-electron chi connectivity index (χ4n) is 3.85. The Morgan fingerprint density at radius 1 is 1.11 bits per heavy atom. The zero-order chi connectivity index (χ0) is 25.2. The summed E-state index contributed by atoms with van der Waals surface area (Å²) >= 11 is 0. The maximum absolute atomic E-state index is 9.69. The minimum Gasteiger partial charge on any atom is -0.457 e. The highest BCUT2D eigenvalue weighted by atomic mass is 16.5. The fraction of sp³-hybridized carbons (Fsp3) is 0.276. The monoisotopic (exact) mass is 470 g/mol. The quantitative estimate of drug-likeness (QED) is 0.261. The molecule has 0 radical (unpaired) electrons. The van der Waals surface area contributed by atoms with Gasteiger partial charge in [-0.15, -0.1) is 0 Å². The van der Waals surface area contributed by atoms with Crippen LogP contribution in [0.4, 0.5) is 5.82 Å². The molecule has 0 aliphatic carbocycles. The molecule has 0 saturated heterocycles. The van der Waals surface area contributed by atoms with E-state index in [1.54, 1.807) is 6.20 Å². The smallest absolute Gasteiger partial charge is 0.152 e. The molecule has 0 saturated carbocycles. The van der Waals surface area contributed by atoms with E-state index in [0.29, 0.717) is 11.7 Å². The maximum atomic E-state index is 9.69. The summed E-state index contributed by atoms with van der Waals surface area (Å²) in [6.07, 6.45) is 9.54. The van der Waals surface area contributed by atoms with E-state index in [1.807, 2.05) is 60.8 Å². The number of ketones is 1. The Morgan fingerprint density at radius 2 is 1.77 bits per heavy atom. The summed E-state index contributed by atoms with van der Waals surface area (Å²) in [4.78, 5) is 19.1. The van der Waals surface area contributed by atoms with Crippen LogP contribution in [0.25, 0.3) is 16.8 Å². The highest BCUT2D eigenvalue weighted by Crippen LogP contribution is 2.34. The number of para-hydroxylation sites is 1. The van der Waals surface area contributed by atoms with E-state index < -0.39 is 0 Å². The second kappa shape index (κ2) is 12.5. The van der Waals surface area contributed by atoms with Gasteiger partial charge >= 0.3 is 0 Å². The third-order valence-corrected chi connectivity index (χ3v) is 5.77. The van der Waals surface area contributed by atoms with Crippen LogP contribution in [-0.4, -0.2) is 20.2 Å². The lowest BCUT2D eigenvalue weighted by atomic mass is 9.98. The molecule has 182 valence electrons. The zero-order valence-corrected chi connectivity index (χ0v) is 20.8. The van der Waals surface area contributed by atoms with Gasteiger partial charge in [0.05, 0.1) is 0 Å². The molecular weight excluding hydrogens is 436 g/mol. The Balaban J connectivity index is 0.000000623. The Bertz CT molecular complexity index is 1250. The summed E-state index contributed by atoms with van der Waals surface area (Å²) < 4.78 is 8.04. The van der Waals surface area contributed by atoms with E-state index >= 15 is 0 Å². The van der Waals surface area contributed by atoms with Crippen molar-refractivity contribution in [1.29, 1.82) is 0 Å². The van der Waals surface area contributed by atoms with Gasteiger partial charge < -0.3 is 10.5 Å². The summed E-state index contributed by atoms with van der Waals surface area (Å²) in [7, 11) is 0. The van der Waals surface area contributed by atoms with Crippen molar-refractivity contribution in [3.63, 3.8) is 0 Å². The van der Waals surface area contributed by atoms with Crippen LogP contribution in [0.15, 0.2) is 79.6 Å². The summed E-state index contributed by atoms with van der Waals surface area (Å²) in [6, 6.07) is 17.8. The summed E-state index contributed by atoms with van der Waals surface area (Å²) in [6.45, 7) is 9.12. The first kappa shape index (κ1) is 25.7. The molecule has 2 aromatic heterocycles. The number of nitrogens with zero attached hydrogens (tertiary/aromatic N) is 3. The maximum Gasteiger partial charge on any atom is 0.152 e. The van der Waals surface area contributed by atoms with Crippen LogP contribution in [0.5, 0.6) is 11.5 Å². The van der Waals surface area contributed by atoms with Crippen molar-refractivity contribution in [1.82, 2.24) is 14.4 Å². The molecule has 0 aliphatic rings. The van der Waals surface area contributed by atoms with Gasteiger partial charge in [0.2, 0.25) is 0 Å². The predicted octanol–water partition coefficient (Wildman–Crippen LogP) is 7.22. The largest absolute Gasteiger partial charge is 0.457 e. The molecule has 0 fully saturated rings. The molecule has 35 heavy (non-hydrogen) atoms. The van der Waals surface area contributed by atoms with Crippen LogP contribution in [0.3, 0.4) is 0 Å². The van der Waals surface area contributed by atoms with Gasteiger partial charge in [-0.25, -0.2) is 9.97 Å². The fourth-order valence-corrected chi connectivity index (χ4v) is 3.85. The number of rotatable bonds is 9. The number of unbranched alkanes of at least 4 members (excludes halogenated alkanes) is 1. The number of fused-ring (bicyclic) bond motifs is 1. The number of benzene rings is 2. The van der Waals surface area contributed by atoms with Gasteiger partial charge in [0.1, 0.15) is 34.4 Å². The average Bonchev–Trinajstić information content (AvgIpc) is 3.27. The molecule has 4 aromatic rings. The number of carbonyl (C=O) groups excluding carboxylic acids is 1. The summed E-state index contributed by atoms with van der Waals surface area (Å²) in [5, 5.41) is 0. The molecule has 0 spiro atoms. The number of nitrogens with two attached hydrogens (primary N) is 1. The molecule has 1 unspecified atom stereocenters. The van der Waals surface area contributed by atoms with E-state index in [2.05, 4.69) is 29.8 Å². The van der Waals surface area contributed by atoms with Gasteiger partial charge in [-0.1, -0.05) is 51.5 Å². The van der Waals surface area contributed by atoms with Gasteiger partial charge in [0.15, 0.2) is 5.78 Å². The minimum atomic E-state index is 0.0185. The van der Waals surface area contributed by atoms with Crippen molar-refractivity contribution < 1.29 is 9.53 Å². The molecule has 2 N–H and O–H groups in total. The van der Waals surface area contributed by atoms with Gasteiger partial charge in [0, 0.05) is 23.9 Å². The molecule has 6 heteroatoms. The number of anilines is 1. The Hall–Kier alpha value is -3.93. The van der Waals surface area contributed by atoms with E-state index in [1.165, 1.54) is 25.8 Å². The number of ether oxygens (including phenoxy) is 1. The number of hydrogen-bond acceptors (Lipinski definition) is 5. The third-order valence-electron chi connectivity index (χ3n) is 5.77. The molecule has 0 bridgehead atoms. The number of nitrogen functional groups attached to an aromatic ring is 1. The van der Waals surface area contributed by atoms with Crippen LogP contribution < -0.4 is 10.5 Å². The number of carbonyl (C=O) groups is 1. The van der Waals surface area contributed by atoms with Gasteiger partial charge in [-0.3, -0.25) is 9.20 Å². The second-order valence-corrected chi connectivity index (χ2v) is 8.35. The van der Waals surface area contributed by atoms with E-state index in [9.17, 15) is 4.79 Å². The third kappa shape index (κ3) is 6.57. The first-order valence-corrected chi connectivity index (χ1v) is 12.1. The van der Waals surface area contributed by atoms with Crippen LogP contribution in [0.2, 0.25) is 0 Å². The Morgan fingerprint density at radius 3 is 2.37 bits per heavy atom. The lowest BCUT2D eigenvalue weighted by Crippen LogP contribution is -2.04. The first-order chi connectivity index (χ1) is 17.0. The lowest BCUT2D eigenvalue weighted by Gasteiger charge is -2.13. The molecular formula is C29H34N4O2. The van der Waals surface area contributed by atoms with Gasteiger partial charge in [-0.2, -0.15) is 0 Å². The van der Waals surface area contributed by atoms with Crippen LogP contribution in [-0.2, 0) is 4.79 Å². The van der Waals surface area contributed by atoms with Crippen molar-refractivity contribution >= 4 is 17.1 Å². The van der Waals surface area contributed by atoms with Crippen molar-refractivity contribution in [3.05, 3.63) is 85.5 Å². The summed E-state index contributed by atoms with van der Waals surface area (Å²) in [5.74, 6) is 3.58.